The van der Waals surface area contributed by atoms with E-state index in [4.69, 9.17) is 16.3 Å². The smallest absolute Gasteiger partial charge is 0.165 e. The van der Waals surface area contributed by atoms with Gasteiger partial charge in [0.05, 0.1) is 11.1 Å². The Hall–Kier alpha value is -1.58. The lowest BCUT2D eigenvalue weighted by molar-refractivity contribution is 0.199. The summed E-state index contributed by atoms with van der Waals surface area (Å²) < 4.78 is 19.1. The van der Waals surface area contributed by atoms with Gasteiger partial charge in [0, 0.05) is 0 Å². The van der Waals surface area contributed by atoms with Crippen molar-refractivity contribution < 1.29 is 14.2 Å². The number of aryl methyl sites for hydroxylation is 1. The summed E-state index contributed by atoms with van der Waals surface area (Å²) >= 11 is 6.06. The Kier molecular flexibility index (Phi) is 4.08. The van der Waals surface area contributed by atoms with E-state index < -0.39 is 11.9 Å². The Balaban J connectivity index is 2.31. The van der Waals surface area contributed by atoms with E-state index >= 15 is 0 Å². The van der Waals surface area contributed by atoms with Gasteiger partial charge in [-0.25, -0.2) is 4.39 Å². The number of rotatable bonds is 3. The van der Waals surface area contributed by atoms with Crippen LogP contribution >= 0.6 is 11.6 Å². The van der Waals surface area contributed by atoms with Crippen molar-refractivity contribution in [1.29, 1.82) is 0 Å². The average molecular weight is 281 g/mol. The Morgan fingerprint density at radius 2 is 1.89 bits per heavy atom. The largest absolute Gasteiger partial charge is 0.453 e. The Bertz CT molecular complexity index is 597. The fraction of sp³-hybridized carbons (Fsp3) is 0.200. The predicted molar refractivity (Wildman–Crippen MR) is 73.3 cm³/mol. The molecule has 0 unspecified atom stereocenters. The molecule has 0 saturated heterocycles. The van der Waals surface area contributed by atoms with Gasteiger partial charge in [0.15, 0.2) is 11.6 Å². The maximum absolute atomic E-state index is 13.6. The van der Waals surface area contributed by atoms with Gasteiger partial charge in [0.25, 0.3) is 0 Å². The molecular weight excluding hydrogens is 267 g/mol. The van der Waals surface area contributed by atoms with E-state index in [0.29, 0.717) is 16.3 Å². The summed E-state index contributed by atoms with van der Waals surface area (Å²) in [5, 5.41) is 9.78. The lowest BCUT2D eigenvalue weighted by atomic mass is 10.1. The van der Waals surface area contributed by atoms with Crippen LogP contribution in [0.15, 0.2) is 36.4 Å². The Morgan fingerprint density at radius 3 is 2.53 bits per heavy atom. The molecule has 0 heterocycles. The van der Waals surface area contributed by atoms with Gasteiger partial charge in [0.1, 0.15) is 5.75 Å². The molecule has 0 spiro atoms. The number of aliphatic hydroxyl groups is 1. The number of halogens is 2. The number of hydrogen-bond acceptors (Lipinski definition) is 2. The number of aliphatic hydroxyl groups excluding tert-OH is 1. The van der Waals surface area contributed by atoms with Crippen LogP contribution in [0.25, 0.3) is 0 Å². The molecule has 0 bridgehead atoms. The second-order valence-electron chi connectivity index (χ2n) is 4.40. The summed E-state index contributed by atoms with van der Waals surface area (Å²) in [5.41, 5.74) is 1.58. The van der Waals surface area contributed by atoms with Gasteiger partial charge in [0.2, 0.25) is 0 Å². The number of ether oxygens (including phenoxy) is 1. The van der Waals surface area contributed by atoms with Crippen LogP contribution < -0.4 is 4.74 Å². The van der Waals surface area contributed by atoms with Gasteiger partial charge in [-0.2, -0.15) is 0 Å². The second-order valence-corrected chi connectivity index (χ2v) is 4.81. The summed E-state index contributed by atoms with van der Waals surface area (Å²) in [6, 6.07) is 9.54. The van der Waals surface area contributed by atoms with Crippen molar-refractivity contribution in [3.05, 3.63) is 58.4 Å². The Labute approximate surface area is 116 Å². The minimum atomic E-state index is -0.609. The van der Waals surface area contributed by atoms with Crippen LogP contribution in [0, 0.1) is 12.7 Å². The highest BCUT2D eigenvalue weighted by molar-refractivity contribution is 6.32. The van der Waals surface area contributed by atoms with Crippen LogP contribution in [0.4, 0.5) is 4.39 Å². The molecule has 0 aliphatic heterocycles. The van der Waals surface area contributed by atoms with E-state index in [1.807, 2.05) is 6.92 Å². The summed E-state index contributed by atoms with van der Waals surface area (Å²) in [6.07, 6.45) is -0.609. The molecule has 0 saturated carbocycles. The summed E-state index contributed by atoms with van der Waals surface area (Å²) in [4.78, 5) is 0. The van der Waals surface area contributed by atoms with Crippen molar-refractivity contribution in [2.45, 2.75) is 20.0 Å². The summed E-state index contributed by atoms with van der Waals surface area (Å²) in [7, 11) is 0. The first kappa shape index (κ1) is 13.8. The van der Waals surface area contributed by atoms with Crippen LogP contribution in [0.1, 0.15) is 24.2 Å². The molecule has 2 rings (SSSR count). The molecule has 1 atom stereocenters. The van der Waals surface area contributed by atoms with Crippen molar-refractivity contribution >= 4 is 11.6 Å². The quantitative estimate of drug-likeness (QED) is 0.888. The van der Waals surface area contributed by atoms with E-state index in [0.717, 1.165) is 5.56 Å². The number of hydrogen-bond donors (Lipinski definition) is 1. The van der Waals surface area contributed by atoms with E-state index in [1.165, 1.54) is 6.07 Å². The van der Waals surface area contributed by atoms with Gasteiger partial charge in [-0.3, -0.25) is 0 Å². The highest BCUT2D eigenvalue weighted by atomic mass is 35.5. The van der Waals surface area contributed by atoms with Crippen molar-refractivity contribution in [1.82, 2.24) is 0 Å². The zero-order valence-electron chi connectivity index (χ0n) is 10.7. The fourth-order valence-electron chi connectivity index (χ4n) is 1.67. The monoisotopic (exact) mass is 280 g/mol. The highest BCUT2D eigenvalue weighted by Crippen LogP contribution is 2.33. The topological polar surface area (TPSA) is 29.5 Å². The minimum absolute atomic E-state index is 0.131. The lowest BCUT2D eigenvalue weighted by Gasteiger charge is -2.11. The predicted octanol–water partition coefficient (Wildman–Crippen LogP) is 4.63. The van der Waals surface area contributed by atoms with Crippen molar-refractivity contribution in [2.75, 3.05) is 0 Å². The molecule has 0 fully saturated rings. The molecule has 2 aromatic carbocycles. The van der Waals surface area contributed by atoms with Gasteiger partial charge in [-0.1, -0.05) is 23.7 Å². The van der Waals surface area contributed by atoms with Crippen LogP contribution in [-0.2, 0) is 0 Å². The van der Waals surface area contributed by atoms with E-state index in [-0.39, 0.29) is 5.75 Å². The SMILES string of the molecule is Cc1ccc(F)c(Oc2ccc([C@H](C)O)cc2Cl)c1. The average Bonchev–Trinajstić information content (AvgIpc) is 2.36. The molecule has 0 aromatic heterocycles. The summed E-state index contributed by atoms with van der Waals surface area (Å²) in [5.74, 6) is 0.0449. The molecule has 100 valence electrons. The lowest BCUT2D eigenvalue weighted by Crippen LogP contribution is -1.93. The van der Waals surface area contributed by atoms with Gasteiger partial charge >= 0.3 is 0 Å². The molecule has 1 N–H and O–H groups in total. The molecule has 0 amide bonds. The fourth-order valence-corrected chi connectivity index (χ4v) is 1.89. The Morgan fingerprint density at radius 1 is 1.16 bits per heavy atom. The molecular formula is C15H14ClFO2. The standard InChI is InChI=1S/C15H14ClFO2/c1-9-3-5-13(17)15(7-9)19-14-6-4-11(10(2)18)8-12(14)16/h3-8,10,18H,1-2H3/t10-/m0/s1. The van der Waals surface area contributed by atoms with Gasteiger partial charge < -0.3 is 9.84 Å². The van der Waals surface area contributed by atoms with E-state index in [2.05, 4.69) is 0 Å². The van der Waals surface area contributed by atoms with Crippen molar-refractivity contribution in [3.63, 3.8) is 0 Å². The van der Waals surface area contributed by atoms with Crippen LogP contribution in [0.3, 0.4) is 0 Å². The van der Waals surface area contributed by atoms with E-state index in [1.54, 1.807) is 37.3 Å². The molecule has 4 heteroatoms. The van der Waals surface area contributed by atoms with Crippen LogP contribution in [0.5, 0.6) is 11.5 Å². The maximum Gasteiger partial charge on any atom is 0.165 e. The third kappa shape index (κ3) is 3.25. The highest BCUT2D eigenvalue weighted by Gasteiger charge is 2.10. The summed E-state index contributed by atoms with van der Waals surface area (Å²) in [6.45, 7) is 3.50. The van der Waals surface area contributed by atoms with Crippen molar-refractivity contribution in [2.24, 2.45) is 0 Å². The van der Waals surface area contributed by atoms with Crippen molar-refractivity contribution in [3.8, 4) is 11.5 Å². The zero-order valence-corrected chi connectivity index (χ0v) is 11.4. The molecule has 2 aromatic rings. The molecule has 0 radical (unpaired) electrons. The van der Waals surface area contributed by atoms with Gasteiger partial charge in [-0.15, -0.1) is 0 Å². The minimum Gasteiger partial charge on any atom is -0.453 e. The molecule has 19 heavy (non-hydrogen) atoms. The van der Waals surface area contributed by atoms with E-state index in [9.17, 15) is 9.50 Å². The first-order valence-electron chi connectivity index (χ1n) is 5.89. The normalized spacial score (nSPS) is 12.3. The van der Waals surface area contributed by atoms with Gasteiger partial charge in [-0.05, 0) is 49.2 Å². The third-order valence-electron chi connectivity index (χ3n) is 2.74. The first-order valence-corrected chi connectivity index (χ1v) is 6.26. The molecule has 0 aliphatic carbocycles. The maximum atomic E-state index is 13.6. The molecule has 2 nitrogen and oxygen atoms in total. The second kappa shape index (κ2) is 5.59. The molecule has 0 aliphatic rings. The zero-order chi connectivity index (χ0) is 14.0. The first-order chi connectivity index (χ1) is 8.97. The third-order valence-corrected chi connectivity index (χ3v) is 3.04. The number of benzene rings is 2. The van der Waals surface area contributed by atoms with Crippen LogP contribution in [-0.4, -0.2) is 5.11 Å². The van der Waals surface area contributed by atoms with Crippen LogP contribution in [0.2, 0.25) is 5.02 Å².